The highest BCUT2D eigenvalue weighted by Gasteiger charge is 2.00. The first-order valence-electron chi connectivity index (χ1n) is 4.42. The first-order valence-corrected chi connectivity index (χ1v) is 4.42. The summed E-state index contributed by atoms with van der Waals surface area (Å²) in [5, 5.41) is 26.4. The summed E-state index contributed by atoms with van der Waals surface area (Å²) in [5.74, 6) is -1.02. The number of aliphatic carboxylic acids is 1. The maximum absolute atomic E-state index is 10.3. The molecule has 0 radical (unpaired) electrons. The molecule has 0 aliphatic carbocycles. The molecule has 0 aliphatic heterocycles. The molecule has 0 saturated heterocycles. The van der Waals surface area contributed by atoms with Gasteiger partial charge in [-0.1, -0.05) is 12.1 Å². The highest BCUT2D eigenvalue weighted by molar-refractivity contribution is 5.85. The van der Waals surface area contributed by atoms with E-state index in [2.05, 4.69) is 0 Å². The number of aliphatic hydroxyl groups excluding tert-OH is 2. The zero-order chi connectivity index (χ0) is 11.3. The first kappa shape index (κ1) is 11.4. The van der Waals surface area contributed by atoms with E-state index in [0.29, 0.717) is 16.7 Å². The average molecular weight is 208 g/mol. The topological polar surface area (TPSA) is 77.8 Å². The fraction of sp³-hybridized carbons (Fsp3) is 0.182. The van der Waals surface area contributed by atoms with E-state index in [9.17, 15) is 4.79 Å². The van der Waals surface area contributed by atoms with Crippen LogP contribution >= 0.6 is 0 Å². The van der Waals surface area contributed by atoms with Crippen molar-refractivity contribution in [3.63, 3.8) is 0 Å². The minimum absolute atomic E-state index is 0.140. The number of hydrogen-bond donors (Lipinski definition) is 3. The number of carboxylic acid groups (broad SMARTS) is 1. The van der Waals surface area contributed by atoms with Crippen molar-refractivity contribution in [3.8, 4) is 0 Å². The van der Waals surface area contributed by atoms with Gasteiger partial charge in [0.2, 0.25) is 0 Å². The van der Waals surface area contributed by atoms with Crippen LogP contribution in [-0.2, 0) is 18.0 Å². The van der Waals surface area contributed by atoms with E-state index in [1.54, 1.807) is 18.2 Å². The quantitative estimate of drug-likeness (QED) is 0.638. The van der Waals surface area contributed by atoms with Crippen molar-refractivity contribution in [2.75, 3.05) is 0 Å². The third-order valence-electron chi connectivity index (χ3n) is 1.99. The molecule has 0 atom stereocenters. The van der Waals surface area contributed by atoms with Gasteiger partial charge in [0.15, 0.2) is 0 Å². The Balaban J connectivity index is 2.97. The summed E-state index contributed by atoms with van der Waals surface area (Å²) in [6.45, 7) is -0.316. The van der Waals surface area contributed by atoms with E-state index in [1.807, 2.05) is 0 Å². The zero-order valence-electron chi connectivity index (χ0n) is 8.05. The molecule has 0 aromatic heterocycles. The van der Waals surface area contributed by atoms with Gasteiger partial charge < -0.3 is 15.3 Å². The van der Waals surface area contributed by atoms with Gasteiger partial charge in [0.05, 0.1) is 13.2 Å². The van der Waals surface area contributed by atoms with Crippen LogP contribution in [-0.4, -0.2) is 21.3 Å². The molecule has 3 N–H and O–H groups in total. The van der Waals surface area contributed by atoms with Gasteiger partial charge in [-0.3, -0.25) is 0 Å². The van der Waals surface area contributed by atoms with Crippen LogP contribution in [0.15, 0.2) is 24.3 Å². The van der Waals surface area contributed by atoms with Crippen molar-refractivity contribution in [1.82, 2.24) is 0 Å². The normalized spacial score (nSPS) is 10.8. The lowest BCUT2D eigenvalue weighted by Crippen LogP contribution is -1.94. The summed E-state index contributed by atoms with van der Waals surface area (Å²) < 4.78 is 0. The molecule has 1 rings (SSSR count). The number of benzene rings is 1. The lowest BCUT2D eigenvalue weighted by Gasteiger charge is -2.05. The third kappa shape index (κ3) is 3.19. The van der Waals surface area contributed by atoms with Crippen LogP contribution in [0.25, 0.3) is 6.08 Å². The molecule has 1 aromatic rings. The Hall–Kier alpha value is -1.65. The Kier molecular flexibility index (Phi) is 4.03. The standard InChI is InChI=1S/C11H12O4/c12-6-9-3-1-8(2-4-11(14)15)5-10(9)7-13/h1-5,12-13H,6-7H2,(H,14,15). The van der Waals surface area contributed by atoms with Gasteiger partial charge in [0.1, 0.15) is 0 Å². The third-order valence-corrected chi connectivity index (χ3v) is 1.99. The summed E-state index contributed by atoms with van der Waals surface area (Å²) in [4.78, 5) is 10.3. The molecule has 80 valence electrons. The van der Waals surface area contributed by atoms with E-state index in [1.165, 1.54) is 6.08 Å². The number of aliphatic hydroxyl groups is 2. The minimum atomic E-state index is -1.02. The molecule has 4 heteroatoms. The minimum Gasteiger partial charge on any atom is -0.478 e. The van der Waals surface area contributed by atoms with E-state index in [0.717, 1.165) is 6.08 Å². The van der Waals surface area contributed by atoms with Crippen molar-refractivity contribution in [2.24, 2.45) is 0 Å². The van der Waals surface area contributed by atoms with Crippen molar-refractivity contribution in [3.05, 3.63) is 41.0 Å². The summed E-state index contributed by atoms with van der Waals surface area (Å²) in [6, 6.07) is 4.99. The van der Waals surface area contributed by atoms with Crippen LogP contribution in [0.5, 0.6) is 0 Å². The summed E-state index contributed by atoms with van der Waals surface area (Å²) in [6.07, 6.45) is 2.46. The van der Waals surface area contributed by atoms with Crippen molar-refractivity contribution in [2.45, 2.75) is 13.2 Å². The molecule has 0 spiro atoms. The Morgan fingerprint density at radius 1 is 1.20 bits per heavy atom. The molecule has 0 unspecified atom stereocenters. The maximum atomic E-state index is 10.3. The van der Waals surface area contributed by atoms with Gasteiger partial charge in [-0.15, -0.1) is 0 Å². The molecule has 15 heavy (non-hydrogen) atoms. The van der Waals surface area contributed by atoms with Crippen LogP contribution in [0, 0.1) is 0 Å². The Morgan fingerprint density at radius 3 is 2.40 bits per heavy atom. The van der Waals surface area contributed by atoms with Gasteiger partial charge in [-0.05, 0) is 28.8 Å². The fourth-order valence-electron chi connectivity index (χ4n) is 1.22. The van der Waals surface area contributed by atoms with E-state index in [-0.39, 0.29) is 13.2 Å². The largest absolute Gasteiger partial charge is 0.478 e. The smallest absolute Gasteiger partial charge is 0.328 e. The number of carboxylic acids is 1. The number of rotatable bonds is 4. The summed E-state index contributed by atoms with van der Waals surface area (Å²) >= 11 is 0. The molecule has 0 saturated carbocycles. The highest BCUT2D eigenvalue weighted by atomic mass is 16.4. The van der Waals surface area contributed by atoms with Crippen LogP contribution < -0.4 is 0 Å². The lowest BCUT2D eigenvalue weighted by atomic mass is 10.0. The fourth-order valence-corrected chi connectivity index (χ4v) is 1.22. The van der Waals surface area contributed by atoms with Gasteiger partial charge in [0.25, 0.3) is 0 Å². The monoisotopic (exact) mass is 208 g/mol. The molecular weight excluding hydrogens is 196 g/mol. The zero-order valence-corrected chi connectivity index (χ0v) is 8.05. The van der Waals surface area contributed by atoms with Crippen LogP contribution in [0.4, 0.5) is 0 Å². The van der Waals surface area contributed by atoms with Gasteiger partial charge in [-0.25, -0.2) is 4.79 Å². The Morgan fingerprint density at radius 2 is 1.87 bits per heavy atom. The van der Waals surface area contributed by atoms with Gasteiger partial charge >= 0.3 is 5.97 Å². The average Bonchev–Trinajstić information content (AvgIpc) is 2.25. The molecule has 1 aromatic carbocycles. The second-order valence-corrected chi connectivity index (χ2v) is 3.02. The molecule has 4 nitrogen and oxygen atoms in total. The summed E-state index contributed by atoms with van der Waals surface area (Å²) in [7, 11) is 0. The first-order chi connectivity index (χ1) is 7.17. The van der Waals surface area contributed by atoms with E-state index in [4.69, 9.17) is 15.3 Å². The molecular formula is C11H12O4. The molecule has 0 fully saturated rings. The summed E-state index contributed by atoms with van der Waals surface area (Å²) in [5.41, 5.74) is 1.92. The molecule has 0 aliphatic rings. The van der Waals surface area contributed by atoms with Crippen molar-refractivity contribution in [1.29, 1.82) is 0 Å². The molecule has 0 amide bonds. The highest BCUT2D eigenvalue weighted by Crippen LogP contribution is 2.13. The predicted molar refractivity (Wildman–Crippen MR) is 55.0 cm³/mol. The Bertz CT molecular complexity index is 382. The number of hydrogen-bond acceptors (Lipinski definition) is 3. The van der Waals surface area contributed by atoms with Crippen LogP contribution in [0.2, 0.25) is 0 Å². The van der Waals surface area contributed by atoms with E-state index < -0.39 is 5.97 Å². The van der Waals surface area contributed by atoms with Crippen molar-refractivity contribution < 1.29 is 20.1 Å². The van der Waals surface area contributed by atoms with Gasteiger partial charge in [-0.2, -0.15) is 0 Å². The maximum Gasteiger partial charge on any atom is 0.328 e. The number of carbonyl (C=O) groups is 1. The van der Waals surface area contributed by atoms with Crippen LogP contribution in [0.1, 0.15) is 16.7 Å². The van der Waals surface area contributed by atoms with Crippen molar-refractivity contribution >= 4 is 12.0 Å². The SMILES string of the molecule is O=C(O)C=Cc1ccc(CO)c(CO)c1. The van der Waals surface area contributed by atoms with E-state index >= 15 is 0 Å². The second kappa shape index (κ2) is 5.29. The van der Waals surface area contributed by atoms with Gasteiger partial charge in [0, 0.05) is 6.08 Å². The second-order valence-electron chi connectivity index (χ2n) is 3.02. The van der Waals surface area contributed by atoms with Crippen LogP contribution in [0.3, 0.4) is 0 Å². The molecule has 0 bridgehead atoms. The molecule has 0 heterocycles. The predicted octanol–water partition coefficient (Wildman–Crippen LogP) is 0.769. The lowest BCUT2D eigenvalue weighted by molar-refractivity contribution is -0.131. The Labute approximate surface area is 87.1 Å².